The summed E-state index contributed by atoms with van der Waals surface area (Å²) in [5, 5.41) is 7.36. The molecule has 4 heteroatoms. The summed E-state index contributed by atoms with van der Waals surface area (Å²) >= 11 is 0. The van der Waals surface area contributed by atoms with Crippen LogP contribution in [0.25, 0.3) is 0 Å². The number of hydrogen-bond acceptors (Lipinski definition) is 2. The van der Waals surface area contributed by atoms with E-state index >= 15 is 0 Å². The smallest absolute Gasteiger partial charge is 0.269 e. The molecular formula is C16H21N3O. The molecule has 0 aliphatic carbocycles. The second kappa shape index (κ2) is 5.49. The van der Waals surface area contributed by atoms with Gasteiger partial charge in [0.15, 0.2) is 0 Å². The summed E-state index contributed by atoms with van der Waals surface area (Å²) < 4.78 is 1.78. The van der Waals surface area contributed by atoms with E-state index in [0.29, 0.717) is 12.2 Å². The van der Waals surface area contributed by atoms with Crippen LogP contribution in [-0.2, 0) is 12.1 Å². The predicted molar refractivity (Wildman–Crippen MR) is 79.6 cm³/mol. The van der Waals surface area contributed by atoms with Gasteiger partial charge in [-0.2, -0.15) is 5.10 Å². The second-order valence-electron chi connectivity index (χ2n) is 5.92. The zero-order valence-electron chi connectivity index (χ0n) is 12.5. The van der Waals surface area contributed by atoms with Crippen molar-refractivity contribution in [3.05, 3.63) is 53.3 Å². The fourth-order valence-corrected chi connectivity index (χ4v) is 2.04. The van der Waals surface area contributed by atoms with Gasteiger partial charge >= 0.3 is 0 Å². The van der Waals surface area contributed by atoms with Crippen molar-refractivity contribution in [3.8, 4) is 0 Å². The van der Waals surface area contributed by atoms with Gasteiger partial charge in [-0.05, 0) is 39.3 Å². The van der Waals surface area contributed by atoms with Gasteiger partial charge in [0.05, 0.1) is 11.2 Å². The van der Waals surface area contributed by atoms with Crippen molar-refractivity contribution in [3.63, 3.8) is 0 Å². The molecule has 0 radical (unpaired) electrons. The fraction of sp³-hybridized carbons (Fsp3) is 0.375. The molecule has 2 rings (SSSR count). The number of amides is 1. The minimum Gasteiger partial charge on any atom is -0.347 e. The average molecular weight is 271 g/mol. The van der Waals surface area contributed by atoms with Gasteiger partial charge in [0.1, 0.15) is 5.69 Å². The number of benzene rings is 1. The van der Waals surface area contributed by atoms with Crippen LogP contribution in [0, 0.1) is 6.92 Å². The van der Waals surface area contributed by atoms with Gasteiger partial charge in [0.25, 0.3) is 5.91 Å². The van der Waals surface area contributed by atoms with Crippen molar-refractivity contribution in [1.29, 1.82) is 0 Å². The minimum atomic E-state index is -0.215. The minimum absolute atomic E-state index is 0.0932. The Kier molecular flexibility index (Phi) is 3.93. The number of hydrogen-bond donors (Lipinski definition) is 1. The molecule has 1 aromatic carbocycles. The van der Waals surface area contributed by atoms with Crippen LogP contribution in [0.5, 0.6) is 0 Å². The Bertz CT molecular complexity index is 594. The van der Waals surface area contributed by atoms with Crippen molar-refractivity contribution in [1.82, 2.24) is 15.1 Å². The third kappa shape index (κ3) is 3.26. The maximum atomic E-state index is 12.3. The predicted octanol–water partition coefficient (Wildman–Crippen LogP) is 2.88. The molecule has 0 saturated carbocycles. The molecule has 1 heterocycles. The fourth-order valence-electron chi connectivity index (χ4n) is 2.04. The van der Waals surface area contributed by atoms with Crippen LogP contribution >= 0.6 is 0 Å². The lowest BCUT2D eigenvalue weighted by Crippen LogP contribution is -2.32. The molecule has 0 spiro atoms. The van der Waals surface area contributed by atoms with E-state index in [1.807, 2.05) is 64.1 Å². The molecule has 0 bridgehead atoms. The number of carbonyl (C=O) groups is 1. The van der Waals surface area contributed by atoms with Crippen molar-refractivity contribution in [2.45, 2.75) is 39.8 Å². The molecule has 0 saturated heterocycles. The monoisotopic (exact) mass is 271 g/mol. The Labute approximate surface area is 119 Å². The van der Waals surface area contributed by atoms with Gasteiger partial charge in [-0.15, -0.1) is 0 Å². The average Bonchev–Trinajstić information content (AvgIpc) is 2.79. The summed E-state index contributed by atoms with van der Waals surface area (Å²) in [6.07, 6.45) is 0. The van der Waals surface area contributed by atoms with Gasteiger partial charge in [-0.25, -0.2) is 0 Å². The van der Waals surface area contributed by atoms with Crippen LogP contribution in [0.3, 0.4) is 0 Å². The maximum Gasteiger partial charge on any atom is 0.269 e. The summed E-state index contributed by atoms with van der Waals surface area (Å²) in [6.45, 7) is 8.53. The van der Waals surface area contributed by atoms with E-state index in [2.05, 4.69) is 10.4 Å². The van der Waals surface area contributed by atoms with Crippen LogP contribution in [0.15, 0.2) is 36.4 Å². The normalized spacial score (nSPS) is 11.4. The Hall–Kier alpha value is -2.10. The first-order chi connectivity index (χ1) is 9.38. The molecule has 1 N–H and O–H groups in total. The summed E-state index contributed by atoms with van der Waals surface area (Å²) in [6, 6.07) is 11.7. The quantitative estimate of drug-likeness (QED) is 0.933. The lowest BCUT2D eigenvalue weighted by molar-refractivity contribution is 0.0932. The highest BCUT2D eigenvalue weighted by molar-refractivity contribution is 5.92. The zero-order valence-corrected chi connectivity index (χ0v) is 12.5. The van der Waals surface area contributed by atoms with Gasteiger partial charge in [0, 0.05) is 6.54 Å². The second-order valence-corrected chi connectivity index (χ2v) is 5.92. The molecule has 20 heavy (non-hydrogen) atoms. The molecule has 1 amide bonds. The largest absolute Gasteiger partial charge is 0.347 e. The Balaban J connectivity index is 2.14. The number of nitrogens with one attached hydrogen (secondary N) is 1. The topological polar surface area (TPSA) is 46.9 Å². The van der Waals surface area contributed by atoms with Gasteiger partial charge in [-0.1, -0.05) is 30.3 Å². The third-order valence-electron chi connectivity index (χ3n) is 3.00. The van der Waals surface area contributed by atoms with Gasteiger partial charge < -0.3 is 5.32 Å². The number of nitrogens with zero attached hydrogens (tertiary/aromatic N) is 2. The van der Waals surface area contributed by atoms with Crippen LogP contribution in [-0.4, -0.2) is 15.7 Å². The lowest BCUT2D eigenvalue weighted by Gasteiger charge is -2.22. The summed E-state index contributed by atoms with van der Waals surface area (Å²) in [5.41, 5.74) is 2.32. The first-order valence-electron chi connectivity index (χ1n) is 6.77. The van der Waals surface area contributed by atoms with E-state index in [4.69, 9.17) is 0 Å². The molecule has 2 aromatic rings. The Morgan fingerprint density at radius 2 is 1.90 bits per heavy atom. The highest BCUT2D eigenvalue weighted by Crippen LogP contribution is 2.17. The third-order valence-corrected chi connectivity index (χ3v) is 3.00. The molecule has 106 valence electrons. The number of carbonyl (C=O) groups excluding carboxylic acids is 1. The van der Waals surface area contributed by atoms with Gasteiger partial charge in [0.2, 0.25) is 0 Å². The van der Waals surface area contributed by atoms with E-state index in [0.717, 1.165) is 11.3 Å². The Morgan fingerprint density at radius 1 is 1.25 bits per heavy atom. The van der Waals surface area contributed by atoms with Crippen molar-refractivity contribution in [2.75, 3.05) is 0 Å². The number of rotatable bonds is 3. The first-order valence-corrected chi connectivity index (χ1v) is 6.77. The highest BCUT2D eigenvalue weighted by Gasteiger charge is 2.22. The van der Waals surface area contributed by atoms with E-state index in [9.17, 15) is 4.79 Å². The van der Waals surface area contributed by atoms with Crippen molar-refractivity contribution < 1.29 is 4.79 Å². The number of aryl methyl sites for hydroxylation is 1. The molecule has 0 unspecified atom stereocenters. The Morgan fingerprint density at radius 3 is 2.50 bits per heavy atom. The standard InChI is InChI=1S/C16H21N3O/c1-12-10-14(19(18-12)16(2,3)4)15(20)17-11-13-8-6-5-7-9-13/h5-10H,11H2,1-4H3,(H,17,20). The van der Waals surface area contributed by atoms with Gasteiger partial charge in [-0.3, -0.25) is 9.48 Å². The van der Waals surface area contributed by atoms with E-state index in [1.54, 1.807) is 4.68 Å². The van der Waals surface area contributed by atoms with Crippen LogP contribution in [0.4, 0.5) is 0 Å². The lowest BCUT2D eigenvalue weighted by atomic mass is 10.1. The first kappa shape index (κ1) is 14.3. The van der Waals surface area contributed by atoms with E-state index in [1.165, 1.54) is 0 Å². The maximum absolute atomic E-state index is 12.3. The van der Waals surface area contributed by atoms with E-state index in [-0.39, 0.29) is 11.4 Å². The summed E-state index contributed by atoms with van der Waals surface area (Å²) in [4.78, 5) is 12.3. The zero-order chi connectivity index (χ0) is 14.8. The summed E-state index contributed by atoms with van der Waals surface area (Å²) in [7, 11) is 0. The molecule has 0 fully saturated rings. The molecule has 0 aliphatic heterocycles. The summed E-state index contributed by atoms with van der Waals surface area (Å²) in [5.74, 6) is -0.0932. The van der Waals surface area contributed by atoms with Crippen molar-refractivity contribution >= 4 is 5.91 Å². The number of aromatic nitrogens is 2. The van der Waals surface area contributed by atoms with Crippen LogP contribution in [0.2, 0.25) is 0 Å². The van der Waals surface area contributed by atoms with Crippen LogP contribution in [0.1, 0.15) is 42.5 Å². The van der Waals surface area contributed by atoms with Crippen molar-refractivity contribution in [2.24, 2.45) is 0 Å². The molecule has 0 atom stereocenters. The van der Waals surface area contributed by atoms with Crippen LogP contribution < -0.4 is 5.32 Å². The molecular weight excluding hydrogens is 250 g/mol. The SMILES string of the molecule is Cc1cc(C(=O)NCc2ccccc2)n(C(C)(C)C)n1. The van der Waals surface area contributed by atoms with E-state index < -0.39 is 0 Å². The molecule has 1 aromatic heterocycles. The highest BCUT2D eigenvalue weighted by atomic mass is 16.2. The molecule has 4 nitrogen and oxygen atoms in total. The molecule has 0 aliphatic rings.